The zero-order valence-electron chi connectivity index (χ0n) is 12.4. The molecule has 0 fully saturated rings. The van der Waals surface area contributed by atoms with Gasteiger partial charge < -0.3 is 10.4 Å². The van der Waals surface area contributed by atoms with E-state index in [4.69, 9.17) is 5.11 Å². The molecule has 2 N–H and O–H groups in total. The minimum atomic E-state index is -0.839. The summed E-state index contributed by atoms with van der Waals surface area (Å²) in [5.74, 6) is -0.231. The van der Waals surface area contributed by atoms with Crippen molar-refractivity contribution in [1.82, 2.24) is 4.98 Å². The van der Waals surface area contributed by atoms with Crippen LogP contribution in [0.1, 0.15) is 26.7 Å². The van der Waals surface area contributed by atoms with Gasteiger partial charge >= 0.3 is 5.97 Å². The number of aromatic nitrogens is 1. The quantitative estimate of drug-likeness (QED) is 0.627. The van der Waals surface area contributed by atoms with Crippen molar-refractivity contribution in [2.24, 2.45) is 0 Å². The molecule has 1 heterocycles. The number of non-ortho nitro benzene ring substituents is 1. The van der Waals surface area contributed by atoms with Crippen molar-refractivity contribution < 1.29 is 14.8 Å². The average molecular weight is 303 g/mol. The molecule has 0 atom stereocenters. The number of carboxylic acids is 1. The lowest BCUT2D eigenvalue weighted by Gasteiger charge is -2.26. The first-order chi connectivity index (χ1) is 10.3. The second kappa shape index (κ2) is 5.97. The normalized spacial score (nSPS) is 11.4. The Morgan fingerprint density at radius 2 is 2.09 bits per heavy atom. The van der Waals surface area contributed by atoms with Crippen LogP contribution in [0.2, 0.25) is 0 Å². The smallest absolute Gasteiger partial charge is 0.303 e. The molecule has 1 aromatic heterocycles. The number of nitro benzene ring substituents is 1. The van der Waals surface area contributed by atoms with Gasteiger partial charge in [-0.25, -0.2) is 4.98 Å². The molecule has 7 nitrogen and oxygen atoms in total. The molecule has 2 rings (SSSR count). The standard InChI is InChI=1S/C15H17N3O4/c1-15(2,8-7-14(19)20)17-13-6-3-10-9-11(18(21)22)4-5-12(10)16-13/h3-6,9H,7-8H2,1-2H3,(H,16,17)(H,19,20). The van der Waals surface area contributed by atoms with E-state index in [0.29, 0.717) is 23.1 Å². The van der Waals surface area contributed by atoms with Crippen molar-refractivity contribution in [3.8, 4) is 0 Å². The molecular formula is C15H17N3O4. The molecule has 116 valence electrons. The summed E-state index contributed by atoms with van der Waals surface area (Å²) < 4.78 is 0. The van der Waals surface area contributed by atoms with Gasteiger partial charge in [-0.15, -0.1) is 0 Å². The number of anilines is 1. The molecule has 0 aliphatic carbocycles. The maximum absolute atomic E-state index is 10.8. The molecule has 0 spiro atoms. The zero-order chi connectivity index (χ0) is 16.3. The molecule has 0 saturated carbocycles. The maximum Gasteiger partial charge on any atom is 0.303 e. The molecule has 2 aromatic rings. The molecule has 0 bridgehead atoms. The highest BCUT2D eigenvalue weighted by Crippen LogP contribution is 2.23. The Bertz CT molecular complexity index is 728. The molecule has 0 aliphatic rings. The lowest BCUT2D eigenvalue weighted by molar-refractivity contribution is -0.384. The van der Waals surface area contributed by atoms with Gasteiger partial charge in [0.15, 0.2) is 0 Å². The summed E-state index contributed by atoms with van der Waals surface area (Å²) >= 11 is 0. The van der Waals surface area contributed by atoms with E-state index in [1.165, 1.54) is 12.1 Å². The number of aliphatic carboxylic acids is 1. The second-order valence-electron chi connectivity index (χ2n) is 5.73. The van der Waals surface area contributed by atoms with Crippen LogP contribution in [-0.4, -0.2) is 26.5 Å². The van der Waals surface area contributed by atoms with E-state index in [1.54, 1.807) is 18.2 Å². The zero-order valence-corrected chi connectivity index (χ0v) is 12.4. The van der Waals surface area contributed by atoms with Gasteiger partial charge in [0.2, 0.25) is 0 Å². The van der Waals surface area contributed by atoms with Crippen molar-refractivity contribution in [2.45, 2.75) is 32.2 Å². The molecule has 0 radical (unpaired) electrons. The molecule has 0 amide bonds. The number of hydrogen-bond acceptors (Lipinski definition) is 5. The van der Waals surface area contributed by atoms with E-state index in [1.807, 2.05) is 13.8 Å². The summed E-state index contributed by atoms with van der Waals surface area (Å²) in [6.45, 7) is 3.80. The number of pyridine rings is 1. The SMILES string of the molecule is CC(C)(CCC(=O)O)Nc1ccc2cc([N+](=O)[O-])ccc2n1. The number of rotatable bonds is 6. The predicted molar refractivity (Wildman–Crippen MR) is 83.0 cm³/mol. The molecule has 7 heteroatoms. The Morgan fingerprint density at radius 1 is 1.36 bits per heavy atom. The minimum absolute atomic E-state index is 0.0248. The molecule has 22 heavy (non-hydrogen) atoms. The number of nitro groups is 1. The van der Waals surface area contributed by atoms with Crippen LogP contribution >= 0.6 is 0 Å². The summed E-state index contributed by atoms with van der Waals surface area (Å²) in [5, 5.41) is 23.4. The van der Waals surface area contributed by atoms with E-state index >= 15 is 0 Å². The Balaban J connectivity index is 2.20. The monoisotopic (exact) mass is 303 g/mol. The van der Waals surface area contributed by atoms with Gasteiger partial charge in [0.25, 0.3) is 5.69 Å². The van der Waals surface area contributed by atoms with Crippen LogP contribution in [0.15, 0.2) is 30.3 Å². The number of benzene rings is 1. The van der Waals surface area contributed by atoms with Gasteiger partial charge in [0.05, 0.1) is 10.4 Å². The maximum atomic E-state index is 10.8. The number of fused-ring (bicyclic) bond motifs is 1. The summed E-state index contributed by atoms with van der Waals surface area (Å²) in [6, 6.07) is 7.97. The highest BCUT2D eigenvalue weighted by molar-refractivity contribution is 5.82. The highest BCUT2D eigenvalue weighted by atomic mass is 16.6. The van der Waals surface area contributed by atoms with Crippen LogP contribution in [0.4, 0.5) is 11.5 Å². The van der Waals surface area contributed by atoms with Gasteiger partial charge in [0.1, 0.15) is 5.82 Å². The fourth-order valence-corrected chi connectivity index (χ4v) is 2.12. The number of carbonyl (C=O) groups is 1. The highest BCUT2D eigenvalue weighted by Gasteiger charge is 2.19. The van der Waals surface area contributed by atoms with Crippen molar-refractivity contribution >= 4 is 28.4 Å². The van der Waals surface area contributed by atoms with Crippen LogP contribution in [0.3, 0.4) is 0 Å². The first kappa shape index (κ1) is 15.7. The third kappa shape index (κ3) is 3.91. The van der Waals surface area contributed by atoms with Gasteiger partial charge in [-0.2, -0.15) is 0 Å². The van der Waals surface area contributed by atoms with E-state index in [2.05, 4.69) is 10.3 Å². The first-order valence-electron chi connectivity index (χ1n) is 6.82. The van der Waals surface area contributed by atoms with Crippen molar-refractivity contribution in [1.29, 1.82) is 0 Å². The van der Waals surface area contributed by atoms with E-state index < -0.39 is 16.4 Å². The van der Waals surface area contributed by atoms with Crippen LogP contribution in [-0.2, 0) is 4.79 Å². The predicted octanol–water partition coefficient (Wildman–Crippen LogP) is 3.20. The first-order valence-corrected chi connectivity index (χ1v) is 6.82. The Morgan fingerprint density at radius 3 is 2.73 bits per heavy atom. The molecular weight excluding hydrogens is 286 g/mol. The van der Waals surface area contributed by atoms with Crippen molar-refractivity contribution in [3.63, 3.8) is 0 Å². The number of nitrogens with one attached hydrogen (secondary N) is 1. The summed E-state index contributed by atoms with van der Waals surface area (Å²) in [5.41, 5.74) is 0.251. The van der Waals surface area contributed by atoms with Gasteiger partial charge in [-0.3, -0.25) is 14.9 Å². The van der Waals surface area contributed by atoms with E-state index in [0.717, 1.165) is 0 Å². The lowest BCUT2D eigenvalue weighted by Crippen LogP contribution is -2.31. The fraction of sp³-hybridized carbons (Fsp3) is 0.333. The third-order valence-corrected chi connectivity index (χ3v) is 3.31. The number of hydrogen-bond donors (Lipinski definition) is 2. The van der Waals surface area contributed by atoms with Crippen LogP contribution in [0, 0.1) is 10.1 Å². The fourth-order valence-electron chi connectivity index (χ4n) is 2.12. The number of carboxylic acid groups (broad SMARTS) is 1. The van der Waals surface area contributed by atoms with Gasteiger partial charge in [-0.1, -0.05) is 0 Å². The topological polar surface area (TPSA) is 105 Å². The van der Waals surface area contributed by atoms with E-state index in [-0.39, 0.29) is 12.1 Å². The van der Waals surface area contributed by atoms with Crippen molar-refractivity contribution in [3.05, 3.63) is 40.4 Å². The largest absolute Gasteiger partial charge is 0.481 e. The average Bonchev–Trinajstić information content (AvgIpc) is 2.44. The van der Waals surface area contributed by atoms with E-state index in [9.17, 15) is 14.9 Å². The molecule has 0 unspecified atom stereocenters. The third-order valence-electron chi connectivity index (χ3n) is 3.31. The number of nitrogens with zero attached hydrogens (tertiary/aromatic N) is 2. The molecule has 0 saturated heterocycles. The summed E-state index contributed by atoms with van der Waals surface area (Å²) in [7, 11) is 0. The van der Waals surface area contributed by atoms with Gasteiger partial charge in [-0.05, 0) is 38.5 Å². The van der Waals surface area contributed by atoms with Crippen LogP contribution in [0.25, 0.3) is 10.9 Å². The molecule has 0 aliphatic heterocycles. The van der Waals surface area contributed by atoms with Crippen LogP contribution < -0.4 is 5.32 Å². The van der Waals surface area contributed by atoms with Gasteiger partial charge in [0, 0.05) is 29.5 Å². The van der Waals surface area contributed by atoms with Crippen LogP contribution in [0.5, 0.6) is 0 Å². The summed E-state index contributed by atoms with van der Waals surface area (Å²) in [6.07, 6.45) is 0.530. The lowest BCUT2D eigenvalue weighted by atomic mass is 9.98. The van der Waals surface area contributed by atoms with Crippen molar-refractivity contribution in [2.75, 3.05) is 5.32 Å². The Labute approximate surface area is 127 Å². The Kier molecular flexibility index (Phi) is 4.25. The Hall–Kier alpha value is -2.70. The second-order valence-corrected chi connectivity index (χ2v) is 5.73. The summed E-state index contributed by atoms with van der Waals surface area (Å²) in [4.78, 5) is 25.4. The molecule has 1 aromatic carbocycles. The minimum Gasteiger partial charge on any atom is -0.481 e.